The van der Waals surface area contributed by atoms with Gasteiger partial charge >= 0.3 is 17.9 Å². The van der Waals surface area contributed by atoms with Gasteiger partial charge < -0.3 is 14.2 Å². The normalized spacial score (nSPS) is 13.0. The van der Waals surface area contributed by atoms with E-state index in [1.165, 1.54) is 116 Å². The molecule has 6 heteroatoms. The smallest absolute Gasteiger partial charge is 0.306 e. The highest BCUT2D eigenvalue weighted by Gasteiger charge is 2.19. The van der Waals surface area contributed by atoms with Crippen molar-refractivity contribution in [1.29, 1.82) is 0 Å². The molecule has 0 fully saturated rings. The highest BCUT2D eigenvalue weighted by atomic mass is 16.6. The maximum atomic E-state index is 12.9. The molecular weight excluding hydrogens is 1020 g/mol. The number of hydrogen-bond acceptors (Lipinski definition) is 6. The first-order valence-corrected chi connectivity index (χ1v) is 34.3. The molecule has 0 amide bonds. The fourth-order valence-electron chi connectivity index (χ4n) is 9.30. The minimum absolute atomic E-state index is 0.0978. The van der Waals surface area contributed by atoms with E-state index in [2.05, 4.69) is 167 Å². The molecule has 0 heterocycles. The zero-order valence-corrected chi connectivity index (χ0v) is 53.9. The first-order chi connectivity index (χ1) is 41.0. The van der Waals surface area contributed by atoms with Gasteiger partial charge in [0.1, 0.15) is 13.2 Å². The van der Waals surface area contributed by atoms with Crippen LogP contribution >= 0.6 is 0 Å². The fourth-order valence-corrected chi connectivity index (χ4v) is 9.30. The van der Waals surface area contributed by atoms with Crippen LogP contribution in [-0.2, 0) is 28.6 Å². The van der Waals surface area contributed by atoms with Gasteiger partial charge in [-0.2, -0.15) is 0 Å². The standard InChI is InChI=1S/C77H126O6/c1-4-7-10-13-16-19-22-25-28-31-33-34-35-36-37-38-39-40-41-42-44-46-49-52-55-58-61-64-67-70-76(79)82-73-74(72-81-75(78)69-66-63-60-57-54-51-48-45-30-27-24-21-18-15-12-9-6-3)83-77(80)71-68-65-62-59-56-53-50-47-43-32-29-26-23-20-17-14-11-8-5-2/h7-12,16-21,25-30,33-34,43,47,53,56,74H,4-6,13-15,22-24,31-32,35-42,44-46,48-52,54-55,57-73H2,1-3H3/b10-7-,11-8-,12-9-,19-16-,20-17-,21-18-,28-25-,29-26-,30-27-,34-33-,47-43-,56-53-. The maximum Gasteiger partial charge on any atom is 0.306 e. The Morgan fingerprint density at radius 2 is 0.434 bits per heavy atom. The van der Waals surface area contributed by atoms with Gasteiger partial charge in [0.05, 0.1) is 0 Å². The van der Waals surface area contributed by atoms with E-state index >= 15 is 0 Å². The van der Waals surface area contributed by atoms with Gasteiger partial charge in [-0.15, -0.1) is 0 Å². The van der Waals surface area contributed by atoms with Gasteiger partial charge in [-0.1, -0.05) is 295 Å². The second kappa shape index (κ2) is 69.8. The summed E-state index contributed by atoms with van der Waals surface area (Å²) >= 11 is 0. The molecule has 83 heavy (non-hydrogen) atoms. The quantitative estimate of drug-likeness (QED) is 0.0261. The Balaban J connectivity index is 4.36. The molecule has 0 N–H and O–H groups in total. The zero-order chi connectivity index (χ0) is 59.9. The van der Waals surface area contributed by atoms with Crippen LogP contribution in [0.15, 0.2) is 146 Å². The number of hydrogen-bond donors (Lipinski definition) is 0. The van der Waals surface area contributed by atoms with E-state index in [0.29, 0.717) is 12.8 Å². The monoisotopic (exact) mass is 1150 g/mol. The van der Waals surface area contributed by atoms with E-state index in [4.69, 9.17) is 14.2 Å². The summed E-state index contributed by atoms with van der Waals surface area (Å²) in [5.41, 5.74) is 0. The fraction of sp³-hybridized carbons (Fsp3) is 0.649. The Hall–Kier alpha value is -4.71. The minimum atomic E-state index is -0.807. The van der Waals surface area contributed by atoms with Gasteiger partial charge in [0.15, 0.2) is 6.10 Å². The topological polar surface area (TPSA) is 78.9 Å². The Kier molecular flexibility index (Phi) is 65.8. The van der Waals surface area contributed by atoms with Crippen LogP contribution in [0.5, 0.6) is 0 Å². The van der Waals surface area contributed by atoms with Crippen LogP contribution in [0.3, 0.4) is 0 Å². The van der Waals surface area contributed by atoms with E-state index in [0.717, 1.165) is 148 Å². The van der Waals surface area contributed by atoms with Crippen LogP contribution in [-0.4, -0.2) is 37.2 Å². The summed E-state index contributed by atoms with van der Waals surface area (Å²) in [7, 11) is 0. The molecule has 6 nitrogen and oxygen atoms in total. The van der Waals surface area contributed by atoms with Crippen LogP contribution in [0.2, 0.25) is 0 Å². The number of rotatable bonds is 61. The van der Waals surface area contributed by atoms with Crippen LogP contribution in [0.25, 0.3) is 0 Å². The van der Waals surface area contributed by atoms with E-state index in [1.54, 1.807) is 0 Å². The molecule has 0 aromatic heterocycles. The molecule has 1 atom stereocenters. The molecule has 0 saturated carbocycles. The van der Waals surface area contributed by atoms with Crippen molar-refractivity contribution in [3.63, 3.8) is 0 Å². The van der Waals surface area contributed by atoms with Crippen molar-refractivity contribution < 1.29 is 28.6 Å². The lowest BCUT2D eigenvalue weighted by molar-refractivity contribution is -0.167. The van der Waals surface area contributed by atoms with Crippen molar-refractivity contribution in [3.05, 3.63) is 146 Å². The number of ether oxygens (including phenoxy) is 3. The third kappa shape index (κ3) is 68.0. The summed E-state index contributed by atoms with van der Waals surface area (Å²) in [6, 6.07) is 0. The van der Waals surface area contributed by atoms with Crippen molar-refractivity contribution >= 4 is 17.9 Å². The van der Waals surface area contributed by atoms with Crippen molar-refractivity contribution in [2.24, 2.45) is 0 Å². The van der Waals surface area contributed by atoms with Crippen molar-refractivity contribution in [3.8, 4) is 0 Å². The number of unbranched alkanes of at least 4 members (excludes halogenated alkanes) is 26. The van der Waals surface area contributed by atoms with Gasteiger partial charge in [0.2, 0.25) is 0 Å². The van der Waals surface area contributed by atoms with Crippen LogP contribution in [0.4, 0.5) is 0 Å². The Labute approximate surface area is 512 Å². The SMILES string of the molecule is CC/C=C\C/C=C\C/C=C\C/C=C\C/C=C\CCCCCC(=O)OC(COC(=O)CCCCCCCCC/C=C\C/C=C\C/C=C\CC)COC(=O)CCCCCCCCCCCCCCCCCC/C=C\C/C=C\C/C=C\C/C=C\CC. The molecule has 470 valence electrons. The number of esters is 3. The molecular formula is C77H126O6. The summed E-state index contributed by atoms with van der Waals surface area (Å²) in [6.45, 7) is 6.29. The molecule has 0 aliphatic heterocycles. The molecule has 0 aliphatic carbocycles. The Bertz CT molecular complexity index is 1800. The van der Waals surface area contributed by atoms with Crippen LogP contribution < -0.4 is 0 Å². The zero-order valence-electron chi connectivity index (χ0n) is 53.9. The van der Waals surface area contributed by atoms with E-state index in [1.807, 2.05) is 0 Å². The maximum absolute atomic E-state index is 12.9. The number of carbonyl (C=O) groups excluding carboxylic acids is 3. The molecule has 0 rings (SSSR count). The third-order valence-corrected chi connectivity index (χ3v) is 14.3. The van der Waals surface area contributed by atoms with Gasteiger partial charge in [0.25, 0.3) is 0 Å². The second-order valence-corrected chi connectivity index (χ2v) is 22.3. The molecule has 0 aromatic carbocycles. The molecule has 0 aliphatic rings. The summed E-state index contributed by atoms with van der Waals surface area (Å²) < 4.78 is 16.9. The first kappa shape index (κ1) is 78.3. The van der Waals surface area contributed by atoms with Gasteiger partial charge in [-0.3, -0.25) is 14.4 Å². The van der Waals surface area contributed by atoms with Crippen molar-refractivity contribution in [1.82, 2.24) is 0 Å². The highest BCUT2D eigenvalue weighted by molar-refractivity contribution is 5.71. The van der Waals surface area contributed by atoms with Gasteiger partial charge in [0, 0.05) is 19.3 Å². The molecule has 0 aromatic rings. The molecule has 0 spiro atoms. The molecule has 0 bridgehead atoms. The number of carbonyl (C=O) groups is 3. The van der Waals surface area contributed by atoms with E-state index < -0.39 is 6.10 Å². The largest absolute Gasteiger partial charge is 0.462 e. The molecule has 0 saturated heterocycles. The highest BCUT2D eigenvalue weighted by Crippen LogP contribution is 2.16. The lowest BCUT2D eigenvalue weighted by Gasteiger charge is -2.18. The first-order valence-electron chi connectivity index (χ1n) is 34.3. The minimum Gasteiger partial charge on any atom is -0.462 e. The van der Waals surface area contributed by atoms with Crippen molar-refractivity contribution in [2.75, 3.05) is 13.2 Å². The average Bonchev–Trinajstić information content (AvgIpc) is 3.49. The van der Waals surface area contributed by atoms with Gasteiger partial charge in [-0.25, -0.2) is 0 Å². The van der Waals surface area contributed by atoms with Crippen LogP contribution in [0, 0.1) is 0 Å². The molecule has 1 unspecified atom stereocenters. The Morgan fingerprint density at radius 1 is 0.241 bits per heavy atom. The summed E-state index contributed by atoms with van der Waals surface area (Å²) in [5.74, 6) is -0.935. The van der Waals surface area contributed by atoms with Gasteiger partial charge in [-0.05, 0) is 135 Å². The third-order valence-electron chi connectivity index (χ3n) is 14.3. The Morgan fingerprint density at radius 3 is 0.687 bits per heavy atom. The average molecular weight is 1150 g/mol. The number of allylic oxidation sites excluding steroid dienone is 24. The summed E-state index contributed by atoms with van der Waals surface area (Å²) in [5, 5.41) is 0. The van der Waals surface area contributed by atoms with E-state index in [-0.39, 0.29) is 37.5 Å². The van der Waals surface area contributed by atoms with Crippen LogP contribution in [0.1, 0.15) is 303 Å². The summed E-state index contributed by atoms with van der Waals surface area (Å²) in [4.78, 5) is 38.4. The lowest BCUT2D eigenvalue weighted by atomic mass is 10.0. The lowest BCUT2D eigenvalue weighted by Crippen LogP contribution is -2.30. The summed E-state index contributed by atoms with van der Waals surface area (Å²) in [6.07, 6.45) is 100. The van der Waals surface area contributed by atoms with E-state index in [9.17, 15) is 14.4 Å². The predicted molar refractivity (Wildman–Crippen MR) is 362 cm³/mol. The van der Waals surface area contributed by atoms with Crippen molar-refractivity contribution in [2.45, 2.75) is 309 Å². The predicted octanol–water partition coefficient (Wildman–Crippen LogP) is 23.9. The molecule has 0 radical (unpaired) electrons. The second-order valence-electron chi connectivity index (χ2n) is 22.3.